The van der Waals surface area contributed by atoms with Crippen LogP contribution in [-0.2, 0) is 4.79 Å². The molecule has 6 rings (SSSR count). The standard InChI is InChI=1S/C28H23FN6OS2/c29-18-8-1-2-9-19(18)31-24(36)14-17-35-26(25(33-27(35)37)21-11-5-6-15-30-21)22-12-7-16-34(22)28-32-20-10-3-4-13-23(20)38-28/h1-13,15-16,25-26H,14,17H2,(H,31,36)(H,33,37)/t25-,26-/m1/s1. The lowest BCUT2D eigenvalue weighted by Gasteiger charge is -2.28. The maximum atomic E-state index is 14.1. The lowest BCUT2D eigenvalue weighted by atomic mass is 10.0. The van der Waals surface area contributed by atoms with Crippen LogP contribution in [0.5, 0.6) is 0 Å². The summed E-state index contributed by atoms with van der Waals surface area (Å²) in [5.41, 5.74) is 2.92. The molecule has 1 saturated heterocycles. The molecule has 1 aliphatic rings. The van der Waals surface area contributed by atoms with Crippen molar-refractivity contribution in [3.63, 3.8) is 0 Å². The summed E-state index contributed by atoms with van der Waals surface area (Å²) in [6, 6.07) is 23.5. The highest BCUT2D eigenvalue weighted by Gasteiger charge is 2.41. The molecule has 0 radical (unpaired) electrons. The molecular weight excluding hydrogens is 519 g/mol. The van der Waals surface area contributed by atoms with Crippen LogP contribution in [0.3, 0.4) is 0 Å². The van der Waals surface area contributed by atoms with Crippen LogP contribution >= 0.6 is 23.6 Å². The number of rotatable bonds is 7. The zero-order valence-electron chi connectivity index (χ0n) is 20.1. The topological polar surface area (TPSA) is 75.1 Å². The van der Waals surface area contributed by atoms with E-state index in [4.69, 9.17) is 17.2 Å². The van der Waals surface area contributed by atoms with E-state index in [2.05, 4.69) is 32.3 Å². The molecule has 2 aromatic carbocycles. The molecule has 3 aromatic heterocycles. The van der Waals surface area contributed by atoms with Crippen molar-refractivity contribution >= 4 is 50.5 Å². The number of anilines is 1. The van der Waals surface area contributed by atoms with Crippen molar-refractivity contribution in [2.24, 2.45) is 0 Å². The molecule has 1 amide bonds. The van der Waals surface area contributed by atoms with E-state index in [0.29, 0.717) is 11.7 Å². The largest absolute Gasteiger partial charge is 0.352 e. The normalized spacial score (nSPS) is 17.1. The van der Waals surface area contributed by atoms with Gasteiger partial charge in [0.05, 0.1) is 39.4 Å². The summed E-state index contributed by atoms with van der Waals surface area (Å²) in [4.78, 5) is 24.2. The fourth-order valence-corrected chi connectivity index (χ4v) is 6.04. The third-order valence-corrected chi connectivity index (χ3v) is 7.89. The molecule has 10 heteroatoms. The van der Waals surface area contributed by atoms with Gasteiger partial charge in [0.2, 0.25) is 5.91 Å². The van der Waals surface area contributed by atoms with Gasteiger partial charge >= 0.3 is 0 Å². The molecular formula is C28H23FN6OS2. The van der Waals surface area contributed by atoms with Gasteiger partial charge in [0.15, 0.2) is 10.2 Å². The van der Waals surface area contributed by atoms with E-state index < -0.39 is 5.82 Å². The number of pyridine rings is 1. The predicted octanol–water partition coefficient (Wildman–Crippen LogP) is 5.62. The lowest BCUT2D eigenvalue weighted by molar-refractivity contribution is -0.116. The van der Waals surface area contributed by atoms with Crippen LogP contribution in [0.25, 0.3) is 15.3 Å². The first-order valence-corrected chi connectivity index (χ1v) is 13.4. The molecule has 0 unspecified atom stereocenters. The van der Waals surface area contributed by atoms with Gasteiger partial charge in [-0.2, -0.15) is 0 Å². The Morgan fingerprint density at radius 2 is 1.87 bits per heavy atom. The van der Waals surface area contributed by atoms with E-state index in [0.717, 1.165) is 26.7 Å². The third-order valence-electron chi connectivity index (χ3n) is 6.50. The molecule has 190 valence electrons. The highest BCUT2D eigenvalue weighted by Crippen LogP contribution is 2.40. The lowest BCUT2D eigenvalue weighted by Crippen LogP contribution is -2.33. The molecule has 1 fully saturated rings. The maximum Gasteiger partial charge on any atom is 0.226 e. The fraction of sp³-hybridized carbons (Fsp3) is 0.143. The van der Waals surface area contributed by atoms with Crippen molar-refractivity contribution in [2.45, 2.75) is 18.5 Å². The average Bonchev–Trinajstić information content (AvgIpc) is 3.65. The zero-order chi connectivity index (χ0) is 26.1. The summed E-state index contributed by atoms with van der Waals surface area (Å²) in [7, 11) is 0. The van der Waals surface area contributed by atoms with E-state index in [1.165, 1.54) is 6.07 Å². The van der Waals surface area contributed by atoms with E-state index in [9.17, 15) is 9.18 Å². The minimum Gasteiger partial charge on any atom is -0.352 e. The van der Waals surface area contributed by atoms with Gasteiger partial charge in [0.1, 0.15) is 5.82 Å². The second-order valence-corrected chi connectivity index (χ2v) is 10.3. The van der Waals surface area contributed by atoms with Crippen molar-refractivity contribution < 1.29 is 9.18 Å². The van der Waals surface area contributed by atoms with Crippen molar-refractivity contribution in [3.05, 3.63) is 108 Å². The molecule has 1 aliphatic heterocycles. The van der Waals surface area contributed by atoms with Gasteiger partial charge in [0, 0.05) is 25.4 Å². The molecule has 5 aromatic rings. The number of nitrogens with zero attached hydrogens (tertiary/aromatic N) is 4. The van der Waals surface area contributed by atoms with Gasteiger partial charge in [-0.05, 0) is 60.7 Å². The number of amides is 1. The molecule has 0 saturated carbocycles. The molecule has 0 spiro atoms. The SMILES string of the molecule is O=C(CCN1C(=S)N[C@H](c2ccccn2)[C@H]1c1cccn1-c1nc2ccccc2s1)Nc1ccccc1F. The van der Waals surface area contributed by atoms with Gasteiger partial charge in [0.25, 0.3) is 0 Å². The molecule has 0 aliphatic carbocycles. The first-order chi connectivity index (χ1) is 18.6. The Labute approximate surface area is 228 Å². The summed E-state index contributed by atoms with van der Waals surface area (Å²) in [6.07, 6.45) is 3.88. The monoisotopic (exact) mass is 542 g/mol. The van der Waals surface area contributed by atoms with Gasteiger partial charge in [-0.3, -0.25) is 14.3 Å². The smallest absolute Gasteiger partial charge is 0.226 e. The minimum atomic E-state index is -0.471. The summed E-state index contributed by atoms with van der Waals surface area (Å²) in [6.45, 7) is 0.338. The van der Waals surface area contributed by atoms with Crippen LogP contribution in [0, 0.1) is 5.82 Å². The Kier molecular flexibility index (Phi) is 6.57. The Morgan fingerprint density at radius 1 is 1.05 bits per heavy atom. The number of thiazole rings is 1. The number of hydrogen-bond donors (Lipinski definition) is 2. The first kappa shape index (κ1) is 24.2. The van der Waals surface area contributed by atoms with Gasteiger partial charge in [-0.1, -0.05) is 41.7 Å². The van der Waals surface area contributed by atoms with E-state index >= 15 is 0 Å². The van der Waals surface area contributed by atoms with Crippen molar-refractivity contribution in [3.8, 4) is 5.13 Å². The van der Waals surface area contributed by atoms with Crippen LogP contribution in [0.4, 0.5) is 10.1 Å². The zero-order valence-corrected chi connectivity index (χ0v) is 21.8. The number of thiocarbonyl (C=S) groups is 1. The van der Waals surface area contributed by atoms with Gasteiger partial charge < -0.3 is 15.5 Å². The molecule has 7 nitrogen and oxygen atoms in total. The van der Waals surface area contributed by atoms with Crippen LogP contribution in [0.2, 0.25) is 0 Å². The Bertz CT molecular complexity index is 1580. The molecule has 38 heavy (non-hydrogen) atoms. The van der Waals surface area contributed by atoms with Gasteiger partial charge in [-0.15, -0.1) is 0 Å². The first-order valence-electron chi connectivity index (χ1n) is 12.1. The number of halogens is 1. The third kappa shape index (κ3) is 4.64. The van der Waals surface area contributed by atoms with Crippen LogP contribution in [0.1, 0.15) is 29.9 Å². The summed E-state index contributed by atoms with van der Waals surface area (Å²) < 4.78 is 17.2. The molecule has 0 bridgehead atoms. The Hall–Kier alpha value is -4.15. The summed E-state index contributed by atoms with van der Waals surface area (Å²) >= 11 is 7.37. The number of carbonyl (C=O) groups excluding carboxylic acids is 1. The van der Waals surface area contributed by atoms with Crippen LogP contribution < -0.4 is 10.6 Å². The average molecular weight is 543 g/mol. The number of benzene rings is 2. The second kappa shape index (κ2) is 10.3. The number of para-hydroxylation sites is 2. The Balaban J connectivity index is 1.32. The van der Waals surface area contributed by atoms with Crippen molar-refractivity contribution in [1.29, 1.82) is 0 Å². The Morgan fingerprint density at radius 3 is 2.68 bits per heavy atom. The van der Waals surface area contributed by atoms with Gasteiger partial charge in [-0.25, -0.2) is 9.37 Å². The summed E-state index contributed by atoms with van der Waals surface area (Å²) in [5.74, 6) is -0.763. The second-order valence-electron chi connectivity index (χ2n) is 8.87. The quantitative estimate of drug-likeness (QED) is 0.260. The molecule has 2 N–H and O–H groups in total. The van der Waals surface area contributed by atoms with Crippen LogP contribution in [-0.4, -0.2) is 37.0 Å². The maximum absolute atomic E-state index is 14.1. The number of aromatic nitrogens is 3. The molecule has 2 atom stereocenters. The highest BCUT2D eigenvalue weighted by molar-refractivity contribution is 7.80. The summed E-state index contributed by atoms with van der Waals surface area (Å²) in [5, 5.41) is 7.46. The molecule has 4 heterocycles. The van der Waals surface area contributed by atoms with Crippen molar-refractivity contribution in [2.75, 3.05) is 11.9 Å². The predicted molar refractivity (Wildman–Crippen MR) is 151 cm³/mol. The van der Waals surface area contributed by atoms with Crippen LogP contribution in [0.15, 0.2) is 91.3 Å². The minimum absolute atomic E-state index is 0.128. The number of nitrogens with one attached hydrogen (secondary N) is 2. The van der Waals surface area contributed by atoms with Crippen molar-refractivity contribution in [1.82, 2.24) is 24.8 Å². The number of fused-ring (bicyclic) bond motifs is 1. The fourth-order valence-electron chi connectivity index (χ4n) is 4.74. The van der Waals surface area contributed by atoms with E-state index in [-0.39, 0.29) is 30.1 Å². The van der Waals surface area contributed by atoms with E-state index in [1.54, 1.807) is 35.7 Å². The number of carbonyl (C=O) groups is 1. The number of hydrogen-bond acceptors (Lipinski definition) is 5. The highest BCUT2D eigenvalue weighted by atomic mass is 32.1. The van der Waals surface area contributed by atoms with E-state index in [1.807, 2.05) is 53.6 Å².